The van der Waals surface area contributed by atoms with Gasteiger partial charge in [-0.3, -0.25) is 4.79 Å². The molecule has 0 aliphatic carbocycles. The molecule has 0 saturated heterocycles. The second-order valence-electron chi connectivity index (χ2n) is 4.07. The van der Waals surface area contributed by atoms with Crippen molar-refractivity contribution in [3.63, 3.8) is 0 Å². The highest BCUT2D eigenvalue weighted by Gasteiger charge is 2.14. The maximum absolute atomic E-state index is 12.9. The number of carbonyl (C=O) groups excluding carboxylic acids is 1. The van der Waals surface area contributed by atoms with Gasteiger partial charge in [-0.1, -0.05) is 25.5 Å². The molecule has 1 aromatic rings. The first-order chi connectivity index (χ1) is 8.17. The van der Waals surface area contributed by atoms with Gasteiger partial charge in [0.2, 0.25) is 5.91 Å². The second-order valence-corrected chi connectivity index (χ2v) is 4.07. The van der Waals surface area contributed by atoms with Gasteiger partial charge in [0.25, 0.3) is 0 Å². The van der Waals surface area contributed by atoms with Crippen molar-refractivity contribution in [3.05, 3.63) is 35.6 Å². The molecule has 0 saturated carbocycles. The van der Waals surface area contributed by atoms with Crippen molar-refractivity contribution in [2.45, 2.75) is 26.3 Å². The summed E-state index contributed by atoms with van der Waals surface area (Å²) in [4.78, 5) is 11.7. The number of amides is 1. The minimum atomic E-state index is -0.291. The van der Waals surface area contributed by atoms with Crippen LogP contribution in [0.3, 0.4) is 0 Å². The zero-order valence-corrected chi connectivity index (χ0v) is 10.1. The first kappa shape index (κ1) is 13.6. The number of hydrogen-bond donors (Lipinski definition) is 2. The Kier molecular flexibility index (Phi) is 5.63. The highest BCUT2D eigenvalue weighted by molar-refractivity contribution is 5.78. The molecule has 4 heteroatoms. The fraction of sp³-hybridized carbons (Fsp3) is 0.462. The molecule has 0 radical (unpaired) electrons. The summed E-state index contributed by atoms with van der Waals surface area (Å²) in [6, 6.07) is 6.20. The summed E-state index contributed by atoms with van der Waals surface area (Å²) in [5.74, 6) is -0.493. The zero-order valence-electron chi connectivity index (χ0n) is 10.1. The molecule has 17 heavy (non-hydrogen) atoms. The first-order valence-corrected chi connectivity index (χ1v) is 5.89. The van der Waals surface area contributed by atoms with E-state index >= 15 is 0 Å². The van der Waals surface area contributed by atoms with E-state index in [4.69, 9.17) is 5.73 Å². The fourth-order valence-electron chi connectivity index (χ4n) is 1.68. The largest absolute Gasteiger partial charge is 0.352 e. The van der Waals surface area contributed by atoms with Crippen LogP contribution in [-0.2, 0) is 11.3 Å². The van der Waals surface area contributed by atoms with Gasteiger partial charge in [0.15, 0.2) is 0 Å². The third-order valence-electron chi connectivity index (χ3n) is 2.65. The Bertz CT molecular complexity index is 368. The van der Waals surface area contributed by atoms with Crippen molar-refractivity contribution < 1.29 is 9.18 Å². The van der Waals surface area contributed by atoms with Crippen molar-refractivity contribution in [1.29, 1.82) is 0 Å². The lowest BCUT2D eigenvalue weighted by Gasteiger charge is -2.13. The van der Waals surface area contributed by atoms with E-state index in [-0.39, 0.29) is 17.6 Å². The minimum absolute atomic E-state index is 0.0568. The van der Waals surface area contributed by atoms with Gasteiger partial charge in [0.05, 0.1) is 5.92 Å². The lowest BCUT2D eigenvalue weighted by Crippen LogP contribution is -2.34. The van der Waals surface area contributed by atoms with E-state index in [0.717, 1.165) is 18.4 Å². The van der Waals surface area contributed by atoms with E-state index in [1.807, 2.05) is 6.92 Å². The lowest BCUT2D eigenvalue weighted by molar-refractivity contribution is -0.125. The van der Waals surface area contributed by atoms with Gasteiger partial charge in [-0.05, 0) is 24.1 Å². The minimum Gasteiger partial charge on any atom is -0.352 e. The van der Waals surface area contributed by atoms with Crippen LogP contribution in [0, 0.1) is 11.7 Å². The molecule has 1 rings (SSSR count). The van der Waals surface area contributed by atoms with Gasteiger partial charge in [0.1, 0.15) is 5.82 Å². The summed E-state index contributed by atoms with van der Waals surface area (Å²) in [7, 11) is 0. The highest BCUT2D eigenvalue weighted by atomic mass is 19.1. The summed E-state index contributed by atoms with van der Waals surface area (Å²) in [5, 5.41) is 2.78. The van der Waals surface area contributed by atoms with Crippen LogP contribution in [-0.4, -0.2) is 12.5 Å². The number of carbonyl (C=O) groups is 1. The molecule has 0 aromatic heterocycles. The Morgan fingerprint density at radius 1 is 1.53 bits per heavy atom. The van der Waals surface area contributed by atoms with E-state index < -0.39 is 0 Å². The molecular weight excluding hydrogens is 219 g/mol. The van der Waals surface area contributed by atoms with E-state index in [1.54, 1.807) is 12.1 Å². The van der Waals surface area contributed by atoms with Crippen LogP contribution in [0.2, 0.25) is 0 Å². The van der Waals surface area contributed by atoms with Gasteiger partial charge in [-0.25, -0.2) is 4.39 Å². The molecule has 3 N–H and O–H groups in total. The number of nitrogens with two attached hydrogens (primary N) is 1. The summed E-state index contributed by atoms with van der Waals surface area (Å²) in [5.41, 5.74) is 6.29. The smallest absolute Gasteiger partial charge is 0.224 e. The SMILES string of the molecule is CCCC(CN)C(=O)NCc1cccc(F)c1. The van der Waals surface area contributed by atoms with E-state index in [9.17, 15) is 9.18 Å². The van der Waals surface area contributed by atoms with Crippen molar-refractivity contribution in [3.8, 4) is 0 Å². The molecule has 0 spiro atoms. The topological polar surface area (TPSA) is 55.1 Å². The van der Waals surface area contributed by atoms with Crippen molar-refractivity contribution >= 4 is 5.91 Å². The molecule has 1 aromatic carbocycles. The summed E-state index contributed by atoms with van der Waals surface area (Å²) in [6.45, 7) is 2.71. The van der Waals surface area contributed by atoms with Crippen LogP contribution < -0.4 is 11.1 Å². The molecular formula is C13H19FN2O. The summed E-state index contributed by atoms with van der Waals surface area (Å²) >= 11 is 0. The van der Waals surface area contributed by atoms with Gasteiger partial charge in [0, 0.05) is 13.1 Å². The molecule has 3 nitrogen and oxygen atoms in total. The van der Waals surface area contributed by atoms with Crippen molar-refractivity contribution in [1.82, 2.24) is 5.32 Å². The van der Waals surface area contributed by atoms with E-state index in [2.05, 4.69) is 5.32 Å². The van der Waals surface area contributed by atoms with Crippen molar-refractivity contribution in [2.24, 2.45) is 11.7 Å². The monoisotopic (exact) mass is 238 g/mol. The normalized spacial score (nSPS) is 12.2. The Morgan fingerprint density at radius 3 is 2.88 bits per heavy atom. The Hall–Kier alpha value is -1.42. The summed E-state index contributed by atoms with van der Waals surface area (Å²) < 4.78 is 12.9. The van der Waals surface area contributed by atoms with Gasteiger partial charge < -0.3 is 11.1 Å². The molecule has 1 unspecified atom stereocenters. The van der Waals surface area contributed by atoms with E-state index in [1.165, 1.54) is 12.1 Å². The number of hydrogen-bond acceptors (Lipinski definition) is 2. The Morgan fingerprint density at radius 2 is 2.29 bits per heavy atom. The number of benzene rings is 1. The standard InChI is InChI=1S/C13H19FN2O/c1-2-4-11(8-15)13(17)16-9-10-5-3-6-12(14)7-10/h3,5-7,11H,2,4,8-9,15H2,1H3,(H,16,17). The second kappa shape index (κ2) is 7.01. The third kappa shape index (κ3) is 4.53. The van der Waals surface area contributed by atoms with Crippen LogP contribution >= 0.6 is 0 Å². The van der Waals surface area contributed by atoms with Gasteiger partial charge in [-0.2, -0.15) is 0 Å². The quantitative estimate of drug-likeness (QED) is 0.794. The molecule has 0 fully saturated rings. The fourth-order valence-corrected chi connectivity index (χ4v) is 1.68. The third-order valence-corrected chi connectivity index (χ3v) is 2.65. The summed E-state index contributed by atoms with van der Waals surface area (Å²) in [6.07, 6.45) is 1.71. The molecule has 0 aliphatic rings. The predicted molar refractivity (Wildman–Crippen MR) is 65.7 cm³/mol. The molecule has 0 bridgehead atoms. The molecule has 1 atom stereocenters. The Balaban J connectivity index is 2.47. The number of rotatable bonds is 6. The molecule has 0 aliphatic heterocycles. The predicted octanol–water partition coefficient (Wildman–Crippen LogP) is 1.82. The van der Waals surface area contributed by atoms with Gasteiger partial charge >= 0.3 is 0 Å². The maximum Gasteiger partial charge on any atom is 0.224 e. The number of halogens is 1. The lowest BCUT2D eigenvalue weighted by atomic mass is 10.0. The average Bonchev–Trinajstić information content (AvgIpc) is 2.33. The van der Waals surface area contributed by atoms with Crippen molar-refractivity contribution in [2.75, 3.05) is 6.54 Å². The van der Waals surface area contributed by atoms with Crippen LogP contribution in [0.4, 0.5) is 4.39 Å². The maximum atomic E-state index is 12.9. The van der Waals surface area contributed by atoms with Crippen LogP contribution in [0.1, 0.15) is 25.3 Å². The van der Waals surface area contributed by atoms with Crippen LogP contribution in [0.25, 0.3) is 0 Å². The van der Waals surface area contributed by atoms with Gasteiger partial charge in [-0.15, -0.1) is 0 Å². The first-order valence-electron chi connectivity index (χ1n) is 5.89. The molecule has 1 amide bonds. The average molecular weight is 238 g/mol. The number of nitrogens with one attached hydrogen (secondary N) is 1. The van der Waals surface area contributed by atoms with Crippen LogP contribution in [0.15, 0.2) is 24.3 Å². The van der Waals surface area contributed by atoms with Crippen LogP contribution in [0.5, 0.6) is 0 Å². The zero-order chi connectivity index (χ0) is 12.7. The van der Waals surface area contributed by atoms with E-state index in [0.29, 0.717) is 13.1 Å². The molecule has 0 heterocycles. The molecule has 94 valence electrons. The Labute approximate surface area is 101 Å². The highest BCUT2D eigenvalue weighted by Crippen LogP contribution is 2.06.